The van der Waals surface area contributed by atoms with Gasteiger partial charge in [0.2, 0.25) is 0 Å². The van der Waals surface area contributed by atoms with Gasteiger partial charge >= 0.3 is 6.09 Å². The van der Waals surface area contributed by atoms with E-state index in [-0.39, 0.29) is 17.9 Å². The summed E-state index contributed by atoms with van der Waals surface area (Å²) in [6.07, 6.45) is 3.23. The van der Waals surface area contributed by atoms with E-state index in [1.165, 1.54) is 16.2 Å². The summed E-state index contributed by atoms with van der Waals surface area (Å²) in [5.41, 5.74) is 0.941. The van der Waals surface area contributed by atoms with Crippen molar-refractivity contribution in [1.29, 1.82) is 0 Å². The van der Waals surface area contributed by atoms with Crippen molar-refractivity contribution in [2.75, 3.05) is 20.4 Å². The van der Waals surface area contributed by atoms with Crippen LogP contribution in [0.4, 0.5) is 9.18 Å². The fraction of sp³-hybridized carbons (Fsp3) is 0.500. The summed E-state index contributed by atoms with van der Waals surface area (Å²) >= 11 is 1.21. The average molecular weight is 518 g/mol. The van der Waals surface area contributed by atoms with Crippen molar-refractivity contribution in [3.8, 4) is 27.2 Å². The highest BCUT2D eigenvalue weighted by Gasteiger charge is 2.56. The summed E-state index contributed by atoms with van der Waals surface area (Å²) in [6.45, 7) is 5.83. The second-order valence-corrected chi connectivity index (χ2v) is 10.7. The van der Waals surface area contributed by atoms with E-state index in [0.717, 1.165) is 5.69 Å². The summed E-state index contributed by atoms with van der Waals surface area (Å²) < 4.78 is 39.4. The van der Waals surface area contributed by atoms with Gasteiger partial charge in [0.1, 0.15) is 17.5 Å². The van der Waals surface area contributed by atoms with Gasteiger partial charge in [-0.25, -0.2) is 14.2 Å². The Morgan fingerprint density at radius 3 is 2.81 bits per heavy atom. The lowest BCUT2D eigenvalue weighted by molar-refractivity contribution is -0.0144. The number of alkyl halides is 1. The van der Waals surface area contributed by atoms with E-state index in [0.29, 0.717) is 29.3 Å². The summed E-state index contributed by atoms with van der Waals surface area (Å²) in [4.78, 5) is 18.0. The Morgan fingerprint density at radius 1 is 1.28 bits per heavy atom. The lowest BCUT2D eigenvalue weighted by atomic mass is 10.1. The van der Waals surface area contributed by atoms with Crippen LogP contribution in [0.1, 0.15) is 27.2 Å². The topological polar surface area (TPSA) is 101 Å². The predicted octanol–water partition coefficient (Wildman–Crippen LogP) is 4.10. The number of imidazole rings is 1. The maximum absolute atomic E-state index is 15.3. The zero-order valence-electron chi connectivity index (χ0n) is 20.5. The molecule has 0 N–H and O–H groups in total. The summed E-state index contributed by atoms with van der Waals surface area (Å²) in [7, 11) is 1.54. The maximum atomic E-state index is 15.3. The number of piperidine rings is 1. The molecule has 2 aromatic heterocycles. The van der Waals surface area contributed by atoms with Crippen LogP contribution in [0.25, 0.3) is 16.3 Å². The Labute approximate surface area is 212 Å². The molecule has 36 heavy (non-hydrogen) atoms. The highest BCUT2D eigenvalue weighted by molar-refractivity contribution is 7.16. The number of nitrogens with zero attached hydrogens (tertiary/aromatic N) is 5. The molecule has 2 unspecified atom stereocenters. The smallest absolute Gasteiger partial charge is 0.410 e. The molecule has 12 heteroatoms. The molecule has 0 spiro atoms. The number of hydrogen-bond acceptors (Lipinski definition) is 9. The van der Waals surface area contributed by atoms with Crippen molar-refractivity contribution < 1.29 is 28.1 Å². The molecule has 1 aliphatic carbocycles. The van der Waals surface area contributed by atoms with Crippen LogP contribution in [-0.4, -0.2) is 75.1 Å². The first kappa shape index (κ1) is 24.4. The predicted molar refractivity (Wildman–Crippen MR) is 129 cm³/mol. The van der Waals surface area contributed by atoms with Crippen molar-refractivity contribution in [1.82, 2.24) is 24.6 Å². The van der Waals surface area contributed by atoms with Gasteiger partial charge in [-0.1, -0.05) is 16.4 Å². The van der Waals surface area contributed by atoms with Crippen molar-refractivity contribution in [2.45, 2.75) is 51.1 Å². The number of hydrogen-bond donors (Lipinski definition) is 0. The van der Waals surface area contributed by atoms with Gasteiger partial charge in [0, 0.05) is 38.0 Å². The third-order valence-corrected chi connectivity index (χ3v) is 6.97. The number of halogens is 1. The minimum atomic E-state index is -1.33. The first-order valence-corrected chi connectivity index (χ1v) is 12.4. The number of carbonyl (C=O) groups excluding carboxylic acids is 1. The monoisotopic (exact) mass is 517 g/mol. The molecule has 5 rings (SSSR count). The third kappa shape index (κ3) is 4.87. The minimum Gasteiger partial charge on any atom is -0.467 e. The van der Waals surface area contributed by atoms with E-state index in [9.17, 15) is 4.79 Å². The number of fused-ring (bicyclic) bond motifs is 2. The lowest BCUT2D eigenvalue weighted by Crippen LogP contribution is -2.51. The van der Waals surface area contributed by atoms with Crippen LogP contribution in [-0.2, 0) is 9.47 Å². The SMILES string of the molecule is COCOc1cc(-n2ccnc2)ccc1-c1nnc(O[C@@H]2C3CC([C@H]2F)N(C(=O)OC(C)(C)C)C3)s1. The van der Waals surface area contributed by atoms with E-state index >= 15 is 4.39 Å². The molecule has 4 atom stereocenters. The van der Waals surface area contributed by atoms with Gasteiger partial charge in [0.25, 0.3) is 5.19 Å². The molecule has 2 fully saturated rings. The molecule has 1 aliphatic heterocycles. The van der Waals surface area contributed by atoms with Gasteiger partial charge < -0.3 is 28.4 Å². The van der Waals surface area contributed by atoms with E-state index in [2.05, 4.69) is 15.2 Å². The van der Waals surface area contributed by atoms with Crippen LogP contribution >= 0.6 is 11.3 Å². The van der Waals surface area contributed by atoms with Crippen LogP contribution < -0.4 is 9.47 Å². The number of carbonyl (C=O) groups is 1. The normalized spacial score (nSPS) is 23.2. The Kier molecular flexibility index (Phi) is 6.56. The van der Waals surface area contributed by atoms with Gasteiger partial charge in [0.05, 0.1) is 23.6 Å². The van der Waals surface area contributed by atoms with Crippen LogP contribution in [0.15, 0.2) is 36.9 Å². The number of methoxy groups -OCH3 is 1. The number of likely N-dealkylation sites (tertiary alicyclic amines) is 1. The molecule has 10 nitrogen and oxygen atoms in total. The molecular weight excluding hydrogens is 489 g/mol. The molecule has 2 bridgehead atoms. The Morgan fingerprint density at radius 2 is 2.11 bits per heavy atom. The minimum absolute atomic E-state index is 0.0609. The number of ether oxygens (including phenoxy) is 4. The first-order valence-electron chi connectivity index (χ1n) is 11.6. The molecular formula is C24H28FN5O5S. The van der Waals surface area contributed by atoms with Gasteiger partial charge in [-0.2, -0.15) is 0 Å². The second-order valence-electron chi connectivity index (χ2n) is 9.80. The van der Waals surface area contributed by atoms with Crippen molar-refractivity contribution in [2.24, 2.45) is 5.92 Å². The van der Waals surface area contributed by atoms with Gasteiger partial charge in [0.15, 0.2) is 18.0 Å². The molecule has 3 heterocycles. The quantitative estimate of drug-likeness (QED) is 0.432. The van der Waals surface area contributed by atoms with Gasteiger partial charge in [-0.05, 0) is 39.3 Å². The third-order valence-electron chi connectivity index (χ3n) is 6.12. The number of amides is 1. The van der Waals surface area contributed by atoms with Crippen LogP contribution in [0, 0.1) is 5.92 Å². The molecule has 1 saturated heterocycles. The summed E-state index contributed by atoms with van der Waals surface area (Å²) in [5.74, 6) is 0.418. The van der Waals surface area contributed by atoms with Crippen molar-refractivity contribution >= 4 is 17.4 Å². The highest BCUT2D eigenvalue weighted by Crippen LogP contribution is 2.43. The van der Waals surface area contributed by atoms with Gasteiger partial charge in [-0.15, -0.1) is 5.10 Å². The molecule has 192 valence electrons. The highest BCUT2D eigenvalue weighted by atomic mass is 32.1. The van der Waals surface area contributed by atoms with Crippen molar-refractivity contribution in [3.63, 3.8) is 0 Å². The standard InChI is InChI=1S/C24H28FN5O5S/c1-24(2,3)35-23(31)30-11-14-9-17(30)19(25)20(14)34-22-28-27-21(36-22)16-6-5-15(29-8-7-26-12-29)10-18(16)33-13-32-4/h5-8,10,12,14,17,19-20H,9,11,13H2,1-4H3/t14?,17?,19-,20-/m1/s1. The van der Waals surface area contributed by atoms with E-state index in [1.54, 1.807) is 40.4 Å². The average Bonchev–Trinajstić information content (AvgIpc) is 3.62. The first-order chi connectivity index (χ1) is 17.2. The van der Waals surface area contributed by atoms with Crippen LogP contribution in [0.3, 0.4) is 0 Å². The Hall–Kier alpha value is -3.25. The molecule has 3 aromatic rings. The largest absolute Gasteiger partial charge is 0.467 e. The number of aromatic nitrogens is 4. The summed E-state index contributed by atoms with van der Waals surface area (Å²) in [5, 5.41) is 9.24. The lowest BCUT2D eigenvalue weighted by Gasteiger charge is -2.34. The van der Waals surface area contributed by atoms with E-state index in [1.807, 2.05) is 29.0 Å². The molecule has 1 aromatic carbocycles. The number of rotatable bonds is 7. The fourth-order valence-electron chi connectivity index (χ4n) is 4.60. The Bertz CT molecular complexity index is 1210. The van der Waals surface area contributed by atoms with Crippen LogP contribution in [0.2, 0.25) is 0 Å². The summed E-state index contributed by atoms with van der Waals surface area (Å²) in [6, 6.07) is 5.08. The molecule has 1 amide bonds. The van der Waals surface area contributed by atoms with Gasteiger partial charge in [-0.3, -0.25) is 0 Å². The van der Waals surface area contributed by atoms with Crippen molar-refractivity contribution in [3.05, 3.63) is 36.9 Å². The molecule has 1 saturated carbocycles. The maximum Gasteiger partial charge on any atom is 0.410 e. The zero-order chi connectivity index (χ0) is 25.4. The number of benzene rings is 1. The molecule has 2 aliphatic rings. The van der Waals surface area contributed by atoms with E-state index < -0.39 is 30.0 Å². The van der Waals surface area contributed by atoms with Crippen LogP contribution in [0.5, 0.6) is 10.9 Å². The molecule has 0 radical (unpaired) electrons. The zero-order valence-corrected chi connectivity index (χ0v) is 21.3. The Balaban J connectivity index is 1.30. The fourth-order valence-corrected chi connectivity index (χ4v) is 5.36. The second kappa shape index (κ2) is 9.66. The van der Waals surface area contributed by atoms with E-state index in [4.69, 9.17) is 18.9 Å².